The van der Waals surface area contributed by atoms with E-state index in [1.165, 1.54) is 12.1 Å². The number of hydrogen-bond acceptors (Lipinski definition) is 2. The van der Waals surface area contributed by atoms with E-state index in [0.717, 1.165) is 11.1 Å². The maximum atomic E-state index is 12.9. The number of hydrogen-bond donors (Lipinski definition) is 0. The first-order valence-electron chi connectivity index (χ1n) is 5.63. The lowest BCUT2D eigenvalue weighted by Gasteiger charge is -2.11. The van der Waals surface area contributed by atoms with Gasteiger partial charge < -0.3 is 0 Å². The van der Waals surface area contributed by atoms with Crippen molar-refractivity contribution in [3.63, 3.8) is 0 Å². The van der Waals surface area contributed by atoms with Crippen molar-refractivity contribution in [1.29, 1.82) is 0 Å². The third-order valence-electron chi connectivity index (χ3n) is 3.23. The quantitative estimate of drug-likeness (QED) is 0.792. The minimum absolute atomic E-state index is 0.0607. The summed E-state index contributed by atoms with van der Waals surface area (Å²) in [6.45, 7) is 0. The van der Waals surface area contributed by atoms with E-state index in [-0.39, 0.29) is 11.6 Å². The molecule has 0 aromatic heterocycles. The number of rotatable bonds is 1. The van der Waals surface area contributed by atoms with Gasteiger partial charge in [-0.15, -0.1) is 0 Å². The predicted octanol–water partition coefficient (Wildman–Crippen LogP) is 2.84. The number of fused-ring (bicyclic) bond motifs is 1. The molecule has 4 heteroatoms. The van der Waals surface area contributed by atoms with Crippen molar-refractivity contribution in [3.8, 4) is 0 Å². The van der Waals surface area contributed by atoms with Crippen LogP contribution < -0.4 is 0 Å². The lowest BCUT2D eigenvalue weighted by atomic mass is 10.0. The van der Waals surface area contributed by atoms with Crippen molar-refractivity contribution < 1.29 is 12.8 Å². The van der Waals surface area contributed by atoms with Gasteiger partial charge in [-0.25, -0.2) is 12.8 Å². The zero-order valence-corrected chi connectivity index (χ0v) is 10.3. The topological polar surface area (TPSA) is 34.1 Å². The first-order chi connectivity index (χ1) is 8.58. The van der Waals surface area contributed by atoms with Crippen LogP contribution in [0, 0.1) is 5.82 Å². The molecule has 0 saturated carbocycles. The fourth-order valence-corrected chi connectivity index (χ4v) is 4.49. The second kappa shape index (κ2) is 3.92. The summed E-state index contributed by atoms with van der Waals surface area (Å²) in [6.07, 6.45) is 0. The molecule has 18 heavy (non-hydrogen) atoms. The minimum Gasteiger partial charge on any atom is -0.228 e. The molecular formula is C14H11FO2S. The van der Waals surface area contributed by atoms with Gasteiger partial charge in [-0.2, -0.15) is 0 Å². The number of halogens is 1. The van der Waals surface area contributed by atoms with Crippen LogP contribution >= 0.6 is 0 Å². The van der Waals surface area contributed by atoms with Crippen LogP contribution in [0.5, 0.6) is 0 Å². The third kappa shape index (κ3) is 1.73. The van der Waals surface area contributed by atoms with Crippen LogP contribution in [-0.2, 0) is 15.6 Å². The van der Waals surface area contributed by atoms with Crippen molar-refractivity contribution in [3.05, 3.63) is 71.0 Å². The highest BCUT2D eigenvalue weighted by Gasteiger charge is 2.37. The Bertz CT molecular complexity index is 690. The molecule has 1 aliphatic heterocycles. The van der Waals surface area contributed by atoms with E-state index in [9.17, 15) is 12.8 Å². The molecule has 0 saturated heterocycles. The number of benzene rings is 2. The Morgan fingerprint density at radius 1 is 1.00 bits per heavy atom. The van der Waals surface area contributed by atoms with Crippen LogP contribution in [0.2, 0.25) is 0 Å². The summed E-state index contributed by atoms with van der Waals surface area (Å²) in [4.78, 5) is 0. The Balaban J connectivity index is 2.18. The van der Waals surface area contributed by atoms with Crippen LogP contribution in [0.25, 0.3) is 0 Å². The summed E-state index contributed by atoms with van der Waals surface area (Å²) in [7, 11) is -3.23. The van der Waals surface area contributed by atoms with E-state index in [2.05, 4.69) is 0 Å². The smallest absolute Gasteiger partial charge is 0.165 e. The standard InChI is InChI=1S/C14H11FO2S/c15-12-7-5-10(6-8-12)14-13-4-2-1-3-11(13)9-18(14,16)17/h1-8,14H,9H2/t14-/m1/s1. The highest BCUT2D eigenvalue weighted by Crippen LogP contribution is 2.40. The van der Waals surface area contributed by atoms with E-state index < -0.39 is 15.1 Å². The largest absolute Gasteiger partial charge is 0.228 e. The molecule has 2 nitrogen and oxygen atoms in total. The highest BCUT2D eigenvalue weighted by atomic mass is 32.2. The highest BCUT2D eigenvalue weighted by molar-refractivity contribution is 7.91. The molecule has 1 heterocycles. The zero-order valence-electron chi connectivity index (χ0n) is 9.51. The average Bonchev–Trinajstić information content (AvgIpc) is 2.60. The van der Waals surface area contributed by atoms with Gasteiger partial charge in [0, 0.05) is 0 Å². The first kappa shape index (κ1) is 11.4. The Hall–Kier alpha value is -1.68. The van der Waals surface area contributed by atoms with Crippen LogP contribution in [0.15, 0.2) is 48.5 Å². The van der Waals surface area contributed by atoms with Gasteiger partial charge in [0.25, 0.3) is 0 Å². The van der Waals surface area contributed by atoms with Crippen molar-refractivity contribution in [2.24, 2.45) is 0 Å². The summed E-state index contributed by atoms with van der Waals surface area (Å²) in [5.74, 6) is -0.298. The Morgan fingerprint density at radius 3 is 2.39 bits per heavy atom. The van der Waals surface area contributed by atoms with Gasteiger partial charge in [0.1, 0.15) is 11.1 Å². The molecule has 0 spiro atoms. The summed E-state index contributed by atoms with van der Waals surface area (Å²) in [5.41, 5.74) is 2.28. The van der Waals surface area contributed by atoms with Crippen LogP contribution in [0.4, 0.5) is 4.39 Å². The third-order valence-corrected chi connectivity index (χ3v) is 5.18. The van der Waals surface area contributed by atoms with E-state index in [0.29, 0.717) is 5.56 Å². The maximum absolute atomic E-state index is 12.9. The molecule has 1 atom stereocenters. The molecule has 0 N–H and O–H groups in total. The molecule has 92 valence electrons. The molecule has 1 aliphatic rings. The van der Waals surface area contributed by atoms with Gasteiger partial charge in [0.15, 0.2) is 9.84 Å². The van der Waals surface area contributed by atoms with Crippen molar-refractivity contribution in [2.45, 2.75) is 11.0 Å². The van der Waals surface area contributed by atoms with Gasteiger partial charge in [-0.05, 0) is 28.8 Å². The van der Waals surface area contributed by atoms with Gasteiger partial charge in [-0.3, -0.25) is 0 Å². The lowest BCUT2D eigenvalue weighted by molar-refractivity contribution is 0.592. The molecule has 0 amide bonds. The molecule has 0 aliphatic carbocycles. The van der Waals surface area contributed by atoms with Crippen LogP contribution in [0.1, 0.15) is 21.9 Å². The summed E-state index contributed by atoms with van der Waals surface area (Å²) >= 11 is 0. The molecule has 0 radical (unpaired) electrons. The first-order valence-corrected chi connectivity index (χ1v) is 7.34. The fraction of sp³-hybridized carbons (Fsp3) is 0.143. The summed E-state index contributed by atoms with van der Waals surface area (Å²) < 4.78 is 37.3. The van der Waals surface area contributed by atoms with Crippen LogP contribution in [0.3, 0.4) is 0 Å². The molecule has 0 unspecified atom stereocenters. The molecule has 2 aromatic rings. The molecule has 0 fully saturated rings. The molecule has 0 bridgehead atoms. The molecule has 3 rings (SSSR count). The second-order valence-corrected chi connectivity index (χ2v) is 6.52. The van der Waals surface area contributed by atoms with Gasteiger partial charge in [0.2, 0.25) is 0 Å². The van der Waals surface area contributed by atoms with E-state index in [1.54, 1.807) is 12.1 Å². The zero-order chi connectivity index (χ0) is 12.8. The van der Waals surface area contributed by atoms with Crippen molar-refractivity contribution >= 4 is 9.84 Å². The Labute approximate surface area is 105 Å². The van der Waals surface area contributed by atoms with E-state index >= 15 is 0 Å². The molecule has 2 aromatic carbocycles. The monoisotopic (exact) mass is 262 g/mol. The van der Waals surface area contributed by atoms with Crippen molar-refractivity contribution in [2.75, 3.05) is 0 Å². The van der Waals surface area contributed by atoms with E-state index in [1.807, 2.05) is 24.3 Å². The van der Waals surface area contributed by atoms with Crippen LogP contribution in [-0.4, -0.2) is 8.42 Å². The average molecular weight is 262 g/mol. The Morgan fingerprint density at radius 2 is 1.67 bits per heavy atom. The normalized spacial score (nSPS) is 20.6. The minimum atomic E-state index is -3.23. The predicted molar refractivity (Wildman–Crippen MR) is 67.3 cm³/mol. The Kier molecular flexibility index (Phi) is 2.48. The number of sulfone groups is 1. The van der Waals surface area contributed by atoms with Gasteiger partial charge in [0.05, 0.1) is 5.75 Å². The summed E-state index contributed by atoms with van der Waals surface area (Å²) in [5, 5.41) is -0.658. The van der Waals surface area contributed by atoms with Crippen molar-refractivity contribution in [1.82, 2.24) is 0 Å². The fourth-order valence-electron chi connectivity index (χ4n) is 2.44. The SMILES string of the molecule is O=S1(=O)Cc2ccccc2[C@H]1c1ccc(F)cc1. The molecular weight excluding hydrogens is 251 g/mol. The maximum Gasteiger partial charge on any atom is 0.165 e. The second-order valence-electron chi connectivity index (χ2n) is 4.44. The lowest BCUT2D eigenvalue weighted by Crippen LogP contribution is -2.08. The summed E-state index contributed by atoms with van der Waals surface area (Å²) in [6, 6.07) is 13.0. The van der Waals surface area contributed by atoms with Gasteiger partial charge in [-0.1, -0.05) is 36.4 Å². The van der Waals surface area contributed by atoms with Gasteiger partial charge >= 0.3 is 0 Å². The van der Waals surface area contributed by atoms with E-state index in [4.69, 9.17) is 0 Å².